The number of hydrogen-bond donors (Lipinski definition) is 0. The van der Waals surface area contributed by atoms with E-state index in [1.54, 1.807) is 11.8 Å². The van der Waals surface area contributed by atoms with Gasteiger partial charge in [0.2, 0.25) is 5.91 Å². The molecule has 1 aromatic rings. The van der Waals surface area contributed by atoms with Crippen molar-refractivity contribution in [3.05, 3.63) is 65.3 Å². The minimum atomic E-state index is -4.45. The van der Waals surface area contributed by atoms with E-state index in [-0.39, 0.29) is 18.4 Å². The average molecular weight is 391 g/mol. The van der Waals surface area contributed by atoms with Crippen LogP contribution in [0.5, 0.6) is 0 Å². The summed E-state index contributed by atoms with van der Waals surface area (Å²) in [7, 11) is 0. The molecule has 0 N–H and O–H groups in total. The van der Waals surface area contributed by atoms with Crippen LogP contribution in [0.25, 0.3) is 5.57 Å². The second-order valence-corrected chi connectivity index (χ2v) is 7.08. The fraction of sp³-hybridized carbons (Fsp3) is 0.435. The van der Waals surface area contributed by atoms with Crippen LogP contribution in [-0.4, -0.2) is 30.1 Å². The SMILES string of the molecule is CCc1cccc(/C(C)=C/C=C(\C=C\CN(CC)C(=O)C2CC2)C(F)(F)F)c1. The first-order valence-corrected chi connectivity index (χ1v) is 9.76. The monoisotopic (exact) mass is 391 g/mol. The van der Waals surface area contributed by atoms with E-state index in [1.807, 2.05) is 38.1 Å². The summed E-state index contributed by atoms with van der Waals surface area (Å²) in [5, 5.41) is 0. The molecule has 2 nitrogen and oxygen atoms in total. The van der Waals surface area contributed by atoms with Crippen LogP contribution < -0.4 is 0 Å². The van der Waals surface area contributed by atoms with Gasteiger partial charge < -0.3 is 4.90 Å². The third-order valence-corrected chi connectivity index (χ3v) is 4.87. The van der Waals surface area contributed by atoms with E-state index >= 15 is 0 Å². The van der Waals surface area contributed by atoms with Crippen LogP contribution in [0.15, 0.2) is 54.1 Å². The molecule has 152 valence electrons. The number of hydrogen-bond acceptors (Lipinski definition) is 1. The average Bonchev–Trinajstić information content (AvgIpc) is 3.51. The molecule has 0 saturated heterocycles. The van der Waals surface area contributed by atoms with Crippen molar-refractivity contribution in [3.8, 4) is 0 Å². The molecule has 0 spiro atoms. The second kappa shape index (κ2) is 9.76. The van der Waals surface area contributed by atoms with Crippen LogP contribution in [0.4, 0.5) is 13.2 Å². The first kappa shape index (κ1) is 22.0. The van der Waals surface area contributed by atoms with Gasteiger partial charge >= 0.3 is 6.18 Å². The van der Waals surface area contributed by atoms with Crippen LogP contribution in [-0.2, 0) is 11.2 Å². The van der Waals surface area contributed by atoms with Gasteiger partial charge in [-0.1, -0.05) is 49.4 Å². The van der Waals surface area contributed by atoms with Crippen LogP contribution in [0.1, 0.15) is 44.7 Å². The lowest BCUT2D eigenvalue weighted by molar-refractivity contribution is -0.131. The third kappa shape index (κ3) is 6.39. The van der Waals surface area contributed by atoms with E-state index in [1.165, 1.54) is 12.2 Å². The summed E-state index contributed by atoms with van der Waals surface area (Å²) >= 11 is 0. The number of allylic oxidation sites excluding steroid dienone is 5. The number of carbonyl (C=O) groups excluding carboxylic acids is 1. The summed E-state index contributed by atoms with van der Waals surface area (Å²) in [5.41, 5.74) is 2.09. The van der Waals surface area contributed by atoms with Gasteiger partial charge in [-0.15, -0.1) is 0 Å². The second-order valence-electron chi connectivity index (χ2n) is 7.08. The fourth-order valence-corrected chi connectivity index (χ4v) is 2.86. The van der Waals surface area contributed by atoms with Crippen LogP contribution in [0.2, 0.25) is 0 Å². The molecular weight excluding hydrogens is 363 g/mol. The highest BCUT2D eigenvalue weighted by molar-refractivity contribution is 5.81. The predicted octanol–water partition coefficient (Wildman–Crippen LogP) is 5.96. The molecule has 0 atom stereocenters. The lowest BCUT2D eigenvalue weighted by Crippen LogP contribution is -2.32. The largest absolute Gasteiger partial charge is 0.416 e. The Labute approximate surface area is 165 Å². The van der Waals surface area contributed by atoms with Crippen LogP contribution in [0.3, 0.4) is 0 Å². The molecule has 1 saturated carbocycles. The minimum Gasteiger partial charge on any atom is -0.339 e. The van der Waals surface area contributed by atoms with Gasteiger partial charge in [0.05, 0.1) is 5.57 Å². The van der Waals surface area contributed by atoms with Crippen molar-refractivity contribution in [1.29, 1.82) is 0 Å². The number of carbonyl (C=O) groups is 1. The number of rotatable bonds is 8. The topological polar surface area (TPSA) is 20.3 Å². The molecule has 1 aliphatic carbocycles. The molecule has 0 heterocycles. The summed E-state index contributed by atoms with van der Waals surface area (Å²) in [6.07, 6.45) is 3.28. The zero-order valence-corrected chi connectivity index (χ0v) is 16.7. The highest BCUT2D eigenvalue weighted by Gasteiger charge is 2.33. The number of amides is 1. The summed E-state index contributed by atoms with van der Waals surface area (Å²) in [6.45, 7) is 6.37. The Morgan fingerprint density at radius 2 is 1.93 bits per heavy atom. The van der Waals surface area contributed by atoms with Gasteiger partial charge in [-0.25, -0.2) is 0 Å². The number of alkyl halides is 3. The highest BCUT2D eigenvalue weighted by Crippen LogP contribution is 2.31. The van der Waals surface area contributed by atoms with Gasteiger partial charge in [-0.2, -0.15) is 13.2 Å². The van der Waals surface area contributed by atoms with E-state index in [9.17, 15) is 18.0 Å². The molecule has 28 heavy (non-hydrogen) atoms. The number of halogens is 3. The molecule has 1 aromatic carbocycles. The number of aryl methyl sites for hydroxylation is 1. The van der Waals surface area contributed by atoms with Crippen LogP contribution >= 0.6 is 0 Å². The van der Waals surface area contributed by atoms with Crippen molar-refractivity contribution < 1.29 is 18.0 Å². The Kier molecular flexibility index (Phi) is 7.67. The molecule has 1 aliphatic rings. The summed E-state index contributed by atoms with van der Waals surface area (Å²) in [6, 6.07) is 7.80. The van der Waals surface area contributed by atoms with Gasteiger partial charge in [0, 0.05) is 19.0 Å². The zero-order chi connectivity index (χ0) is 20.7. The third-order valence-electron chi connectivity index (χ3n) is 4.87. The molecule has 0 aromatic heterocycles. The zero-order valence-electron chi connectivity index (χ0n) is 16.7. The van der Waals surface area contributed by atoms with E-state index in [0.717, 1.165) is 48.1 Å². The molecule has 1 amide bonds. The summed E-state index contributed by atoms with van der Waals surface area (Å²) < 4.78 is 40.1. The van der Waals surface area contributed by atoms with Crippen LogP contribution in [0, 0.1) is 5.92 Å². The maximum Gasteiger partial charge on any atom is 0.416 e. The normalized spacial score (nSPS) is 15.9. The number of nitrogens with zero attached hydrogens (tertiary/aromatic N) is 1. The molecule has 0 aliphatic heterocycles. The van der Waals surface area contributed by atoms with E-state index < -0.39 is 11.7 Å². The fourth-order valence-electron chi connectivity index (χ4n) is 2.86. The van der Waals surface area contributed by atoms with Crippen molar-refractivity contribution in [2.24, 2.45) is 5.92 Å². The number of likely N-dealkylation sites (N-methyl/N-ethyl adjacent to an activating group) is 1. The Morgan fingerprint density at radius 3 is 2.50 bits per heavy atom. The number of benzene rings is 1. The lowest BCUT2D eigenvalue weighted by Gasteiger charge is -2.18. The van der Waals surface area contributed by atoms with Crippen molar-refractivity contribution in [1.82, 2.24) is 4.90 Å². The predicted molar refractivity (Wildman–Crippen MR) is 108 cm³/mol. The Morgan fingerprint density at radius 1 is 1.21 bits per heavy atom. The maximum atomic E-state index is 13.4. The Balaban J connectivity index is 2.14. The van der Waals surface area contributed by atoms with E-state index in [2.05, 4.69) is 0 Å². The lowest BCUT2D eigenvalue weighted by atomic mass is 10.0. The maximum absolute atomic E-state index is 13.4. The first-order chi connectivity index (χ1) is 13.3. The standard InChI is InChI=1S/C23H28F3NO/c1-4-18-8-6-9-20(16-18)17(3)11-14-21(23(24,25)26)10-7-15-27(5-2)22(28)19-12-13-19/h6-11,14,16,19H,4-5,12-13,15H2,1-3H3/b10-7+,17-11+,21-14+. The first-order valence-electron chi connectivity index (χ1n) is 9.76. The van der Waals surface area contributed by atoms with Crippen molar-refractivity contribution in [3.63, 3.8) is 0 Å². The van der Waals surface area contributed by atoms with Gasteiger partial charge in [0.15, 0.2) is 0 Å². The van der Waals surface area contributed by atoms with E-state index in [0.29, 0.717) is 6.54 Å². The smallest absolute Gasteiger partial charge is 0.339 e. The molecule has 0 unspecified atom stereocenters. The molecule has 5 heteroatoms. The molecule has 0 bridgehead atoms. The Hall–Kier alpha value is -2.30. The van der Waals surface area contributed by atoms with Crippen molar-refractivity contribution in [2.45, 2.75) is 46.2 Å². The van der Waals surface area contributed by atoms with Crippen molar-refractivity contribution in [2.75, 3.05) is 13.1 Å². The van der Waals surface area contributed by atoms with Gasteiger partial charge in [-0.05, 0) is 55.9 Å². The summed E-state index contributed by atoms with van der Waals surface area (Å²) in [4.78, 5) is 13.7. The van der Waals surface area contributed by atoms with Gasteiger partial charge in [0.25, 0.3) is 0 Å². The van der Waals surface area contributed by atoms with Gasteiger partial charge in [0.1, 0.15) is 0 Å². The van der Waals surface area contributed by atoms with Gasteiger partial charge in [-0.3, -0.25) is 4.79 Å². The minimum absolute atomic E-state index is 0.0382. The Bertz CT molecular complexity index is 770. The summed E-state index contributed by atoms with van der Waals surface area (Å²) in [5.74, 6) is 0.103. The quantitative estimate of drug-likeness (QED) is 0.501. The highest BCUT2D eigenvalue weighted by atomic mass is 19.4. The molecular formula is C23H28F3NO. The van der Waals surface area contributed by atoms with E-state index in [4.69, 9.17) is 0 Å². The van der Waals surface area contributed by atoms with Crippen molar-refractivity contribution >= 4 is 11.5 Å². The molecule has 2 rings (SSSR count). The molecule has 0 radical (unpaired) electrons. The molecule has 1 fully saturated rings.